The van der Waals surface area contributed by atoms with Crippen molar-refractivity contribution in [1.29, 1.82) is 0 Å². The number of rotatable bonds is 7. The molecule has 7 nitrogen and oxygen atoms in total. The lowest BCUT2D eigenvalue weighted by Crippen LogP contribution is -2.53. The molecule has 0 amide bonds. The van der Waals surface area contributed by atoms with Crippen LogP contribution in [0.3, 0.4) is 0 Å². The van der Waals surface area contributed by atoms with Gasteiger partial charge in [-0.05, 0) is 27.7 Å². The molecule has 0 saturated carbocycles. The van der Waals surface area contributed by atoms with E-state index in [2.05, 4.69) is 32.3 Å². The minimum absolute atomic E-state index is 0. The maximum absolute atomic E-state index is 11.3. The Labute approximate surface area is 166 Å². The lowest BCUT2D eigenvalue weighted by atomic mass is 10.1. The number of sulfonamides is 1. The molecule has 3 N–H and O–H groups in total. The molecule has 0 spiro atoms. The van der Waals surface area contributed by atoms with Gasteiger partial charge in [0.1, 0.15) is 0 Å². The Morgan fingerprint density at radius 1 is 1.29 bits per heavy atom. The summed E-state index contributed by atoms with van der Waals surface area (Å²) in [6.45, 7) is 8.85. The highest BCUT2D eigenvalue weighted by Gasteiger charge is 2.22. The van der Waals surface area contributed by atoms with Crippen LogP contribution < -0.4 is 15.4 Å². The van der Waals surface area contributed by atoms with Crippen molar-refractivity contribution in [1.82, 2.24) is 20.3 Å². The highest BCUT2D eigenvalue weighted by Crippen LogP contribution is 2.16. The van der Waals surface area contributed by atoms with Crippen molar-refractivity contribution in [2.45, 2.75) is 39.7 Å². The Morgan fingerprint density at radius 3 is 2.38 bits per heavy atom. The van der Waals surface area contributed by atoms with E-state index in [1.807, 2.05) is 20.8 Å². The molecule has 0 aromatic carbocycles. The second kappa shape index (κ2) is 9.88. The number of hydrogen-bond acceptors (Lipinski definition) is 5. The van der Waals surface area contributed by atoms with Crippen LogP contribution in [0.2, 0.25) is 0 Å². The van der Waals surface area contributed by atoms with Crippen LogP contribution in [0.25, 0.3) is 0 Å². The van der Waals surface area contributed by atoms with Crippen molar-refractivity contribution in [2.24, 2.45) is 4.99 Å². The molecule has 10 heteroatoms. The quantitative estimate of drug-likeness (QED) is 0.306. The Hall–Kier alpha value is -0.460. The summed E-state index contributed by atoms with van der Waals surface area (Å²) in [5, 5.41) is 7.44. The summed E-state index contributed by atoms with van der Waals surface area (Å²) < 4.78 is 25.2. The molecule has 0 aliphatic rings. The van der Waals surface area contributed by atoms with E-state index in [9.17, 15) is 8.42 Å². The molecule has 24 heavy (non-hydrogen) atoms. The second-order valence-corrected chi connectivity index (χ2v) is 9.15. The Morgan fingerprint density at radius 2 is 1.92 bits per heavy atom. The van der Waals surface area contributed by atoms with Crippen LogP contribution >= 0.6 is 35.3 Å². The van der Waals surface area contributed by atoms with Gasteiger partial charge in [-0.3, -0.25) is 4.99 Å². The van der Waals surface area contributed by atoms with Crippen molar-refractivity contribution >= 4 is 51.3 Å². The molecule has 0 unspecified atom stereocenters. The van der Waals surface area contributed by atoms with E-state index in [-0.39, 0.29) is 24.0 Å². The Bertz CT molecular complexity index is 637. The van der Waals surface area contributed by atoms with Gasteiger partial charge >= 0.3 is 0 Å². The van der Waals surface area contributed by atoms with Gasteiger partial charge in [-0.1, -0.05) is 0 Å². The van der Waals surface area contributed by atoms with E-state index in [1.54, 1.807) is 18.4 Å². The second-order valence-electron chi connectivity index (χ2n) is 6.11. The van der Waals surface area contributed by atoms with Crippen LogP contribution in [0, 0.1) is 13.8 Å². The largest absolute Gasteiger partial charge is 0.356 e. The van der Waals surface area contributed by atoms with Gasteiger partial charge in [-0.25, -0.2) is 18.1 Å². The van der Waals surface area contributed by atoms with Crippen molar-refractivity contribution in [2.75, 3.05) is 26.4 Å². The molecule has 0 aliphatic heterocycles. The van der Waals surface area contributed by atoms with E-state index in [1.165, 1.54) is 4.88 Å². The van der Waals surface area contributed by atoms with E-state index >= 15 is 0 Å². The Kier molecular flexibility index (Phi) is 9.69. The van der Waals surface area contributed by atoms with Crippen molar-refractivity contribution in [3.8, 4) is 0 Å². The minimum atomic E-state index is -3.25. The predicted octanol–water partition coefficient (Wildman–Crippen LogP) is 1.41. The van der Waals surface area contributed by atoms with Gasteiger partial charge in [0.05, 0.1) is 17.0 Å². The number of thiazole rings is 1. The SMILES string of the molecule is CN=C(NCCc1nc(C)c(C)s1)NCC(C)(C)NS(C)(=O)=O.I. The first kappa shape index (κ1) is 23.5. The summed E-state index contributed by atoms with van der Waals surface area (Å²) in [6.07, 6.45) is 1.98. The normalized spacial score (nSPS) is 12.7. The fourth-order valence-corrected chi connectivity index (χ4v) is 4.01. The van der Waals surface area contributed by atoms with E-state index < -0.39 is 15.6 Å². The summed E-state index contributed by atoms with van der Waals surface area (Å²) in [7, 11) is -1.56. The molecule has 0 fully saturated rings. The maximum atomic E-state index is 11.3. The van der Waals surface area contributed by atoms with Gasteiger partial charge in [-0.2, -0.15) is 0 Å². The van der Waals surface area contributed by atoms with Gasteiger partial charge in [0.25, 0.3) is 0 Å². The molecule has 0 bridgehead atoms. The summed E-state index contributed by atoms with van der Waals surface area (Å²) in [4.78, 5) is 9.89. The first-order valence-electron chi connectivity index (χ1n) is 7.39. The first-order valence-corrected chi connectivity index (χ1v) is 10.1. The molecule has 1 aromatic heterocycles. The summed E-state index contributed by atoms with van der Waals surface area (Å²) in [5.41, 5.74) is 0.482. The number of guanidine groups is 1. The van der Waals surface area contributed by atoms with Gasteiger partial charge in [0.2, 0.25) is 10.0 Å². The zero-order valence-electron chi connectivity index (χ0n) is 15.1. The zero-order chi connectivity index (χ0) is 17.7. The number of halogens is 1. The number of aromatic nitrogens is 1. The molecular weight excluding hydrogens is 461 g/mol. The highest BCUT2D eigenvalue weighted by molar-refractivity contribution is 14.0. The van der Waals surface area contributed by atoms with Gasteiger partial charge in [0.15, 0.2) is 5.96 Å². The van der Waals surface area contributed by atoms with E-state index in [4.69, 9.17) is 0 Å². The Balaban J connectivity index is 0.00000529. The minimum Gasteiger partial charge on any atom is -0.356 e. The number of aryl methyl sites for hydroxylation is 2. The summed E-state index contributed by atoms with van der Waals surface area (Å²) in [6, 6.07) is 0. The zero-order valence-corrected chi connectivity index (χ0v) is 19.0. The molecule has 1 heterocycles. The van der Waals surface area contributed by atoms with Gasteiger partial charge in [0, 0.05) is 37.0 Å². The lowest BCUT2D eigenvalue weighted by molar-refractivity contribution is 0.446. The van der Waals surface area contributed by atoms with Crippen molar-refractivity contribution in [3.05, 3.63) is 15.6 Å². The molecule has 1 aromatic rings. The fraction of sp³-hybridized carbons (Fsp3) is 0.714. The monoisotopic (exact) mass is 489 g/mol. The number of aliphatic imine (C=N–C) groups is 1. The van der Waals surface area contributed by atoms with E-state index in [0.717, 1.165) is 23.4 Å². The van der Waals surface area contributed by atoms with Crippen molar-refractivity contribution < 1.29 is 8.42 Å². The fourth-order valence-electron chi connectivity index (χ4n) is 2.00. The topological polar surface area (TPSA) is 95.5 Å². The summed E-state index contributed by atoms with van der Waals surface area (Å²) in [5.74, 6) is 0.637. The maximum Gasteiger partial charge on any atom is 0.209 e. The third-order valence-electron chi connectivity index (χ3n) is 3.09. The molecule has 0 aliphatic carbocycles. The van der Waals surface area contributed by atoms with Crippen molar-refractivity contribution in [3.63, 3.8) is 0 Å². The molecule has 1 rings (SSSR count). The predicted molar refractivity (Wildman–Crippen MR) is 112 cm³/mol. The molecular formula is C14H28IN5O2S2. The number of nitrogens with zero attached hydrogens (tertiary/aromatic N) is 2. The number of hydrogen-bond donors (Lipinski definition) is 3. The van der Waals surface area contributed by atoms with Crippen LogP contribution in [-0.4, -0.2) is 51.3 Å². The van der Waals surface area contributed by atoms with E-state index in [0.29, 0.717) is 19.0 Å². The smallest absolute Gasteiger partial charge is 0.209 e. The molecule has 0 atom stereocenters. The first-order chi connectivity index (χ1) is 10.5. The third kappa shape index (κ3) is 9.14. The van der Waals surface area contributed by atoms with Crippen LogP contribution in [0.15, 0.2) is 4.99 Å². The average Bonchev–Trinajstić information content (AvgIpc) is 2.70. The highest BCUT2D eigenvalue weighted by atomic mass is 127. The van der Waals surface area contributed by atoms with Crippen LogP contribution in [-0.2, 0) is 16.4 Å². The van der Waals surface area contributed by atoms with Gasteiger partial charge in [-0.15, -0.1) is 35.3 Å². The molecule has 140 valence electrons. The standard InChI is InChI=1S/C14H27N5O2S2.HI/c1-10-11(2)22-12(18-10)7-8-16-13(15-5)17-9-14(3,4)19-23(6,20)21;/h19H,7-9H2,1-6H3,(H2,15,16,17);1H. The lowest BCUT2D eigenvalue weighted by Gasteiger charge is -2.26. The summed E-state index contributed by atoms with van der Waals surface area (Å²) >= 11 is 1.71. The van der Waals surface area contributed by atoms with Crippen LogP contribution in [0.1, 0.15) is 29.4 Å². The van der Waals surface area contributed by atoms with Gasteiger partial charge < -0.3 is 10.6 Å². The third-order valence-corrected chi connectivity index (χ3v) is 5.14. The molecule has 0 saturated heterocycles. The molecule has 0 radical (unpaired) electrons. The number of nitrogens with one attached hydrogen (secondary N) is 3. The van der Waals surface area contributed by atoms with Crippen LogP contribution in [0.4, 0.5) is 0 Å². The average molecular weight is 489 g/mol. The van der Waals surface area contributed by atoms with Crippen LogP contribution in [0.5, 0.6) is 0 Å².